The van der Waals surface area contributed by atoms with Gasteiger partial charge in [0.1, 0.15) is 0 Å². The monoisotopic (exact) mass is 244 g/mol. The second kappa shape index (κ2) is 9.83. The molecule has 1 aliphatic rings. The summed E-state index contributed by atoms with van der Waals surface area (Å²) in [6.07, 6.45) is 4.04. The summed E-state index contributed by atoms with van der Waals surface area (Å²) in [4.78, 5) is 2.42. The van der Waals surface area contributed by atoms with Crippen LogP contribution < -0.4 is 5.32 Å². The largest absolute Gasteiger partial charge is 0.382 e. The van der Waals surface area contributed by atoms with E-state index in [0.717, 1.165) is 25.6 Å². The van der Waals surface area contributed by atoms with E-state index in [9.17, 15) is 0 Å². The van der Waals surface area contributed by atoms with Gasteiger partial charge in [-0.05, 0) is 51.9 Å². The van der Waals surface area contributed by atoms with Crippen molar-refractivity contribution >= 4 is 0 Å². The molecular formula is C13H28N2O2. The molecular weight excluding hydrogens is 216 g/mol. The summed E-state index contributed by atoms with van der Waals surface area (Å²) in [7, 11) is 3.91. The predicted octanol–water partition coefficient (Wildman–Crippen LogP) is 0.971. The molecule has 0 atom stereocenters. The molecule has 1 saturated heterocycles. The number of hydrogen-bond acceptors (Lipinski definition) is 4. The number of rotatable bonds is 9. The molecule has 0 aromatic heterocycles. The van der Waals surface area contributed by atoms with Gasteiger partial charge in [-0.15, -0.1) is 0 Å². The average Bonchev–Trinajstić information content (AvgIpc) is 2.35. The number of methoxy groups -OCH3 is 1. The van der Waals surface area contributed by atoms with E-state index >= 15 is 0 Å². The smallest absolute Gasteiger partial charge is 0.0700 e. The van der Waals surface area contributed by atoms with Crippen LogP contribution in [0.25, 0.3) is 0 Å². The highest BCUT2D eigenvalue weighted by molar-refractivity contribution is 4.70. The molecule has 1 aliphatic heterocycles. The Morgan fingerprint density at radius 1 is 1.12 bits per heavy atom. The first-order valence-electron chi connectivity index (χ1n) is 6.79. The fourth-order valence-electron chi connectivity index (χ4n) is 2.17. The summed E-state index contributed by atoms with van der Waals surface area (Å²) in [6, 6.07) is 0. The third-order valence-electron chi connectivity index (χ3n) is 3.42. The molecule has 0 aromatic carbocycles. The Labute approximate surface area is 106 Å². The zero-order chi connectivity index (χ0) is 12.3. The quantitative estimate of drug-likeness (QED) is 0.613. The Morgan fingerprint density at radius 3 is 2.59 bits per heavy atom. The summed E-state index contributed by atoms with van der Waals surface area (Å²) >= 11 is 0. The van der Waals surface area contributed by atoms with E-state index in [1.54, 1.807) is 7.11 Å². The van der Waals surface area contributed by atoms with Crippen molar-refractivity contribution in [2.45, 2.75) is 19.3 Å². The highest BCUT2D eigenvalue weighted by Crippen LogP contribution is 2.18. The van der Waals surface area contributed by atoms with E-state index in [0.29, 0.717) is 13.2 Å². The molecule has 0 aliphatic carbocycles. The first-order valence-corrected chi connectivity index (χ1v) is 6.79. The molecule has 0 spiro atoms. The number of ether oxygens (including phenoxy) is 2. The molecule has 0 saturated carbocycles. The minimum Gasteiger partial charge on any atom is -0.382 e. The van der Waals surface area contributed by atoms with Crippen molar-refractivity contribution in [3.8, 4) is 0 Å². The zero-order valence-corrected chi connectivity index (χ0v) is 11.4. The lowest BCUT2D eigenvalue weighted by Crippen LogP contribution is -2.32. The van der Waals surface area contributed by atoms with E-state index in [2.05, 4.69) is 17.3 Å². The van der Waals surface area contributed by atoms with E-state index in [-0.39, 0.29) is 0 Å². The van der Waals surface area contributed by atoms with E-state index in [4.69, 9.17) is 9.47 Å². The molecule has 4 nitrogen and oxygen atoms in total. The maximum atomic E-state index is 5.39. The lowest BCUT2D eigenvalue weighted by molar-refractivity contribution is 0.0718. The first-order chi connectivity index (χ1) is 8.33. The van der Waals surface area contributed by atoms with Crippen LogP contribution in [-0.2, 0) is 9.47 Å². The predicted molar refractivity (Wildman–Crippen MR) is 70.4 cm³/mol. The van der Waals surface area contributed by atoms with Gasteiger partial charge < -0.3 is 19.7 Å². The SMILES string of the molecule is COCCOCCNCCC1CCN(C)CC1. The number of hydrogen-bond donors (Lipinski definition) is 1. The van der Waals surface area contributed by atoms with E-state index in [1.165, 1.54) is 32.4 Å². The van der Waals surface area contributed by atoms with Gasteiger partial charge in [-0.2, -0.15) is 0 Å². The molecule has 1 rings (SSSR count). The van der Waals surface area contributed by atoms with Crippen LogP contribution in [0.4, 0.5) is 0 Å². The standard InChI is InChI=1S/C13H28N2O2/c1-15-8-4-13(5-9-15)3-6-14-7-10-17-12-11-16-2/h13-14H,3-12H2,1-2H3. The molecule has 17 heavy (non-hydrogen) atoms. The molecule has 0 amide bonds. The van der Waals surface area contributed by atoms with Crippen molar-refractivity contribution in [1.29, 1.82) is 0 Å². The van der Waals surface area contributed by atoms with Crippen molar-refractivity contribution in [2.75, 3.05) is 60.2 Å². The molecule has 1 heterocycles. The van der Waals surface area contributed by atoms with Gasteiger partial charge in [-0.1, -0.05) is 0 Å². The minimum absolute atomic E-state index is 0.690. The zero-order valence-electron chi connectivity index (χ0n) is 11.4. The van der Waals surface area contributed by atoms with Crippen LogP contribution in [0.5, 0.6) is 0 Å². The van der Waals surface area contributed by atoms with E-state index < -0.39 is 0 Å². The summed E-state index contributed by atoms with van der Waals surface area (Å²) in [5.74, 6) is 0.924. The van der Waals surface area contributed by atoms with Gasteiger partial charge >= 0.3 is 0 Å². The van der Waals surface area contributed by atoms with Gasteiger partial charge in [0, 0.05) is 13.7 Å². The van der Waals surface area contributed by atoms with Crippen LogP contribution in [0, 0.1) is 5.92 Å². The molecule has 0 radical (unpaired) electrons. The second-order valence-electron chi connectivity index (χ2n) is 4.89. The van der Waals surface area contributed by atoms with Crippen LogP contribution in [0.2, 0.25) is 0 Å². The molecule has 0 unspecified atom stereocenters. The normalized spacial score (nSPS) is 18.7. The first kappa shape index (κ1) is 14.9. The van der Waals surface area contributed by atoms with Gasteiger partial charge in [0.25, 0.3) is 0 Å². The van der Waals surface area contributed by atoms with Crippen molar-refractivity contribution in [2.24, 2.45) is 5.92 Å². The molecule has 0 aromatic rings. The summed E-state index contributed by atoms with van der Waals surface area (Å²) in [5, 5.41) is 3.44. The van der Waals surface area contributed by atoms with Gasteiger partial charge in [-0.3, -0.25) is 0 Å². The number of likely N-dealkylation sites (tertiary alicyclic amines) is 1. The lowest BCUT2D eigenvalue weighted by Gasteiger charge is -2.28. The molecule has 102 valence electrons. The van der Waals surface area contributed by atoms with Gasteiger partial charge in [0.05, 0.1) is 19.8 Å². The maximum Gasteiger partial charge on any atom is 0.0700 e. The van der Waals surface area contributed by atoms with Gasteiger partial charge in [0.2, 0.25) is 0 Å². The number of piperidine rings is 1. The summed E-state index contributed by atoms with van der Waals surface area (Å²) in [5.41, 5.74) is 0. The molecule has 1 N–H and O–H groups in total. The Balaban J connectivity index is 1.81. The summed E-state index contributed by atoms with van der Waals surface area (Å²) in [6.45, 7) is 6.80. The topological polar surface area (TPSA) is 33.7 Å². The van der Waals surface area contributed by atoms with Crippen LogP contribution in [0.15, 0.2) is 0 Å². The van der Waals surface area contributed by atoms with Crippen molar-refractivity contribution < 1.29 is 9.47 Å². The van der Waals surface area contributed by atoms with Crippen LogP contribution >= 0.6 is 0 Å². The maximum absolute atomic E-state index is 5.39. The molecule has 0 bridgehead atoms. The Bertz CT molecular complexity index is 171. The van der Waals surface area contributed by atoms with Crippen LogP contribution in [0.3, 0.4) is 0 Å². The highest BCUT2D eigenvalue weighted by Gasteiger charge is 2.15. The molecule has 4 heteroatoms. The Kier molecular flexibility index (Phi) is 8.61. The second-order valence-corrected chi connectivity index (χ2v) is 4.89. The fraction of sp³-hybridized carbons (Fsp3) is 1.00. The Hall–Kier alpha value is -0.160. The number of nitrogens with zero attached hydrogens (tertiary/aromatic N) is 1. The number of nitrogens with one attached hydrogen (secondary N) is 1. The minimum atomic E-state index is 0.690. The van der Waals surface area contributed by atoms with Crippen molar-refractivity contribution in [3.63, 3.8) is 0 Å². The fourth-order valence-corrected chi connectivity index (χ4v) is 2.17. The third kappa shape index (κ3) is 7.71. The average molecular weight is 244 g/mol. The van der Waals surface area contributed by atoms with Crippen molar-refractivity contribution in [1.82, 2.24) is 10.2 Å². The van der Waals surface area contributed by atoms with Gasteiger partial charge in [-0.25, -0.2) is 0 Å². The van der Waals surface area contributed by atoms with E-state index in [1.807, 2.05) is 0 Å². The van der Waals surface area contributed by atoms with Crippen LogP contribution in [0.1, 0.15) is 19.3 Å². The summed E-state index contributed by atoms with van der Waals surface area (Å²) < 4.78 is 10.3. The Morgan fingerprint density at radius 2 is 1.88 bits per heavy atom. The van der Waals surface area contributed by atoms with Crippen LogP contribution in [-0.4, -0.2) is 65.1 Å². The lowest BCUT2D eigenvalue weighted by atomic mass is 9.94. The third-order valence-corrected chi connectivity index (χ3v) is 3.42. The highest BCUT2D eigenvalue weighted by atomic mass is 16.5. The van der Waals surface area contributed by atoms with Crippen molar-refractivity contribution in [3.05, 3.63) is 0 Å². The van der Waals surface area contributed by atoms with Gasteiger partial charge in [0.15, 0.2) is 0 Å². The molecule has 1 fully saturated rings.